The molecule has 29 heavy (non-hydrogen) atoms. The molecule has 0 saturated heterocycles. The van der Waals surface area contributed by atoms with E-state index in [1.165, 1.54) is 5.56 Å². The van der Waals surface area contributed by atoms with Crippen LogP contribution in [0.4, 0.5) is 10.5 Å². The fourth-order valence-electron chi connectivity index (χ4n) is 4.05. The summed E-state index contributed by atoms with van der Waals surface area (Å²) in [4.78, 5) is 26.8. The summed E-state index contributed by atoms with van der Waals surface area (Å²) in [5, 5.41) is 5.58. The Morgan fingerprint density at radius 1 is 0.966 bits per heavy atom. The first kappa shape index (κ1) is 20.9. The lowest BCUT2D eigenvalue weighted by Crippen LogP contribution is -2.39. The van der Waals surface area contributed by atoms with Crippen molar-refractivity contribution in [3.63, 3.8) is 0 Å². The van der Waals surface area contributed by atoms with Crippen LogP contribution in [0.25, 0.3) is 0 Å². The second kappa shape index (κ2) is 9.59. The van der Waals surface area contributed by atoms with Crippen molar-refractivity contribution in [3.8, 4) is 0 Å². The first-order chi connectivity index (χ1) is 13.9. The average molecular weight is 394 g/mol. The molecule has 0 unspecified atom stereocenters. The maximum Gasteiger partial charge on any atom is 0.319 e. The molecule has 0 aliphatic heterocycles. The van der Waals surface area contributed by atoms with E-state index in [1.54, 1.807) is 24.3 Å². The fourth-order valence-corrected chi connectivity index (χ4v) is 4.05. The van der Waals surface area contributed by atoms with Gasteiger partial charge in [0.2, 0.25) is 0 Å². The monoisotopic (exact) mass is 393 g/mol. The van der Waals surface area contributed by atoms with E-state index in [2.05, 4.69) is 41.0 Å². The number of hydrogen-bond acceptors (Lipinski definition) is 2. The van der Waals surface area contributed by atoms with Gasteiger partial charge in [-0.15, -0.1) is 0 Å². The van der Waals surface area contributed by atoms with Crippen molar-refractivity contribution in [2.75, 3.05) is 12.4 Å². The number of amides is 3. The summed E-state index contributed by atoms with van der Waals surface area (Å²) in [5.74, 6) is 0.587. The molecule has 5 nitrogen and oxygen atoms in total. The molecular weight excluding hydrogens is 362 g/mol. The van der Waals surface area contributed by atoms with Crippen LogP contribution < -0.4 is 10.6 Å². The lowest BCUT2D eigenvalue weighted by Gasteiger charge is -2.35. The minimum absolute atomic E-state index is 0.000999. The Hall–Kier alpha value is -2.82. The molecule has 3 amide bonds. The van der Waals surface area contributed by atoms with Crippen LogP contribution in [0, 0.1) is 0 Å². The topological polar surface area (TPSA) is 61.4 Å². The summed E-state index contributed by atoms with van der Waals surface area (Å²) >= 11 is 0. The van der Waals surface area contributed by atoms with Gasteiger partial charge >= 0.3 is 6.03 Å². The number of anilines is 1. The van der Waals surface area contributed by atoms with E-state index in [1.807, 2.05) is 25.8 Å². The third-order valence-corrected chi connectivity index (χ3v) is 5.62. The van der Waals surface area contributed by atoms with Gasteiger partial charge in [-0.05, 0) is 69.2 Å². The van der Waals surface area contributed by atoms with Gasteiger partial charge in [-0.3, -0.25) is 4.79 Å². The van der Waals surface area contributed by atoms with Gasteiger partial charge in [0, 0.05) is 30.4 Å². The van der Waals surface area contributed by atoms with E-state index < -0.39 is 0 Å². The molecule has 0 atom stereocenters. The lowest BCUT2D eigenvalue weighted by atomic mass is 9.81. The lowest BCUT2D eigenvalue weighted by molar-refractivity contribution is 0.0689. The van der Waals surface area contributed by atoms with Crippen LogP contribution in [0.3, 0.4) is 0 Å². The summed E-state index contributed by atoms with van der Waals surface area (Å²) in [6.45, 7) is 3.81. The second-order valence-corrected chi connectivity index (χ2v) is 8.17. The highest BCUT2D eigenvalue weighted by Crippen LogP contribution is 2.34. The molecule has 2 aromatic carbocycles. The summed E-state index contributed by atoms with van der Waals surface area (Å²) < 4.78 is 0. The third-order valence-electron chi connectivity index (χ3n) is 5.62. The van der Waals surface area contributed by atoms with E-state index in [4.69, 9.17) is 0 Å². The predicted octanol–water partition coefficient (Wildman–Crippen LogP) is 5.01. The molecule has 2 N–H and O–H groups in total. The van der Waals surface area contributed by atoms with Gasteiger partial charge in [-0.1, -0.05) is 36.4 Å². The van der Waals surface area contributed by atoms with Gasteiger partial charge in [0.15, 0.2) is 0 Å². The first-order valence-corrected chi connectivity index (χ1v) is 10.4. The molecular formula is C24H31N3O2. The smallest absolute Gasteiger partial charge is 0.319 e. The largest absolute Gasteiger partial charge is 0.339 e. The van der Waals surface area contributed by atoms with Crippen molar-refractivity contribution >= 4 is 17.6 Å². The van der Waals surface area contributed by atoms with Crippen molar-refractivity contribution in [2.45, 2.75) is 57.5 Å². The van der Waals surface area contributed by atoms with E-state index >= 15 is 0 Å². The van der Waals surface area contributed by atoms with Gasteiger partial charge in [0.1, 0.15) is 0 Å². The number of nitrogens with zero attached hydrogens (tertiary/aromatic N) is 1. The predicted molar refractivity (Wildman–Crippen MR) is 117 cm³/mol. The quantitative estimate of drug-likeness (QED) is 0.750. The van der Waals surface area contributed by atoms with Crippen LogP contribution in [0.15, 0.2) is 54.6 Å². The van der Waals surface area contributed by atoms with Crippen molar-refractivity contribution in [2.24, 2.45) is 0 Å². The van der Waals surface area contributed by atoms with Crippen LogP contribution in [-0.2, 0) is 0 Å². The van der Waals surface area contributed by atoms with Gasteiger partial charge in [0.25, 0.3) is 5.91 Å². The molecule has 1 fully saturated rings. The maximum absolute atomic E-state index is 13.0. The van der Waals surface area contributed by atoms with Crippen LogP contribution in [-0.4, -0.2) is 36.0 Å². The standard InChI is InChI=1S/C24H31N3O2/c1-17(2)25-24(29)26-21-11-7-10-20(16-21)23(28)27(3)22-14-12-19(13-15-22)18-8-5-4-6-9-18/h4-11,16-17,19,22H,12-15H2,1-3H3,(H2,25,26,29). The Labute approximate surface area is 173 Å². The molecule has 3 rings (SSSR count). The summed E-state index contributed by atoms with van der Waals surface area (Å²) in [6.07, 6.45) is 4.22. The zero-order valence-electron chi connectivity index (χ0n) is 17.5. The molecule has 0 spiro atoms. The van der Waals surface area contributed by atoms with Crippen LogP contribution in [0.2, 0.25) is 0 Å². The van der Waals surface area contributed by atoms with Gasteiger partial charge in [-0.25, -0.2) is 4.79 Å². The van der Waals surface area contributed by atoms with E-state index in [0.29, 0.717) is 17.2 Å². The number of carbonyl (C=O) groups is 2. The molecule has 1 aliphatic carbocycles. The highest BCUT2D eigenvalue weighted by molar-refractivity contribution is 5.97. The molecule has 0 radical (unpaired) electrons. The van der Waals surface area contributed by atoms with Crippen LogP contribution in [0.5, 0.6) is 0 Å². The Kier molecular flexibility index (Phi) is 6.91. The molecule has 0 aromatic heterocycles. The normalized spacial score (nSPS) is 18.9. The molecule has 2 aromatic rings. The fraction of sp³-hybridized carbons (Fsp3) is 0.417. The number of rotatable bonds is 5. The molecule has 0 bridgehead atoms. The van der Waals surface area contributed by atoms with Crippen molar-refractivity contribution in [3.05, 3.63) is 65.7 Å². The van der Waals surface area contributed by atoms with E-state index in [-0.39, 0.29) is 24.0 Å². The molecule has 154 valence electrons. The molecule has 0 heterocycles. The minimum atomic E-state index is -0.266. The third kappa shape index (κ3) is 5.59. The van der Waals surface area contributed by atoms with Crippen LogP contribution in [0.1, 0.15) is 61.4 Å². The molecule has 1 aliphatic rings. The zero-order valence-corrected chi connectivity index (χ0v) is 17.5. The van der Waals surface area contributed by atoms with Crippen molar-refractivity contribution in [1.82, 2.24) is 10.2 Å². The SMILES string of the molecule is CC(C)NC(=O)Nc1cccc(C(=O)N(C)C2CCC(c3ccccc3)CC2)c1. The highest BCUT2D eigenvalue weighted by Gasteiger charge is 2.27. The zero-order chi connectivity index (χ0) is 20.8. The van der Waals surface area contributed by atoms with E-state index in [9.17, 15) is 9.59 Å². The Morgan fingerprint density at radius 3 is 2.31 bits per heavy atom. The van der Waals surface area contributed by atoms with Crippen molar-refractivity contribution in [1.29, 1.82) is 0 Å². The number of hydrogen-bond donors (Lipinski definition) is 2. The summed E-state index contributed by atoms with van der Waals surface area (Å²) in [6, 6.07) is 17.8. The minimum Gasteiger partial charge on any atom is -0.339 e. The maximum atomic E-state index is 13.0. The number of nitrogens with one attached hydrogen (secondary N) is 2. The molecule has 5 heteroatoms. The van der Waals surface area contributed by atoms with E-state index in [0.717, 1.165) is 25.7 Å². The number of carbonyl (C=O) groups excluding carboxylic acids is 2. The Morgan fingerprint density at radius 2 is 1.66 bits per heavy atom. The summed E-state index contributed by atoms with van der Waals surface area (Å²) in [5.41, 5.74) is 2.62. The first-order valence-electron chi connectivity index (χ1n) is 10.4. The van der Waals surface area contributed by atoms with Gasteiger partial charge in [-0.2, -0.15) is 0 Å². The van der Waals surface area contributed by atoms with Gasteiger partial charge < -0.3 is 15.5 Å². The average Bonchev–Trinajstić information content (AvgIpc) is 2.73. The summed E-state index contributed by atoms with van der Waals surface area (Å²) in [7, 11) is 1.89. The molecule has 1 saturated carbocycles. The second-order valence-electron chi connectivity index (χ2n) is 8.17. The van der Waals surface area contributed by atoms with Crippen LogP contribution >= 0.6 is 0 Å². The number of benzene rings is 2. The number of urea groups is 1. The highest BCUT2D eigenvalue weighted by atomic mass is 16.2. The van der Waals surface area contributed by atoms with Gasteiger partial charge in [0.05, 0.1) is 0 Å². The van der Waals surface area contributed by atoms with Crippen molar-refractivity contribution < 1.29 is 9.59 Å². The Bertz CT molecular complexity index is 827. The Balaban J connectivity index is 1.59.